The predicted molar refractivity (Wildman–Crippen MR) is 176 cm³/mol. The average Bonchev–Trinajstić information content (AvgIpc) is 3.05. The van der Waals surface area contributed by atoms with Gasteiger partial charge in [-0.2, -0.15) is 0 Å². The van der Waals surface area contributed by atoms with Gasteiger partial charge in [0.1, 0.15) is 36.6 Å². The third-order valence-electron chi connectivity index (χ3n) is 8.61. The molecule has 13 heteroatoms. The van der Waals surface area contributed by atoms with E-state index in [1.165, 1.54) is 57.8 Å². The monoisotopic (exact) mass is 679 g/mol. The number of hydrogen-bond acceptors (Lipinski definition) is 11. The largest absolute Gasteiger partial charge is 0.477 e. The SMILES string of the molecule is CCCCCCCCCCOC[C@H](CO[C@@]1(C(=O)O)O[C@@H]([C@H](O)[C@H](O)CO)[C@H](NC(C)=O)[C@@H](O)[C@@H]1O)OCCCCCCCCCC. The highest BCUT2D eigenvalue weighted by Gasteiger charge is 2.62. The standard InChI is InChI=1S/C34H65NO12/c1-4-6-8-10-12-14-16-18-20-44-23-26(45-21-19-17-15-13-11-9-7-5-2)24-46-34(33(42)43)32(41)30(40)28(35-25(3)37)31(47-34)29(39)27(38)22-36/h26-32,36,38-41H,4-24H2,1-3H3,(H,35,37)(H,42,43)/t26-,27-,28-,29-,30-,31-,32+,34-/m1/s1. The van der Waals surface area contributed by atoms with Crippen LogP contribution in [0, 0.1) is 0 Å². The van der Waals surface area contributed by atoms with E-state index in [-0.39, 0.29) is 6.61 Å². The van der Waals surface area contributed by atoms with Crippen molar-refractivity contribution in [1.29, 1.82) is 0 Å². The summed E-state index contributed by atoms with van der Waals surface area (Å²) in [6.45, 7) is 5.13. The first-order valence-corrected chi connectivity index (χ1v) is 17.9. The molecule has 7 N–H and O–H groups in total. The number of aliphatic hydroxyl groups excluding tert-OH is 5. The molecule has 0 unspecified atom stereocenters. The van der Waals surface area contributed by atoms with Crippen molar-refractivity contribution in [2.45, 2.75) is 172 Å². The predicted octanol–water partition coefficient (Wildman–Crippen LogP) is 2.81. The van der Waals surface area contributed by atoms with Crippen LogP contribution in [-0.4, -0.2) is 124 Å². The van der Waals surface area contributed by atoms with Gasteiger partial charge in [0.2, 0.25) is 5.91 Å². The van der Waals surface area contributed by atoms with Gasteiger partial charge in [0.25, 0.3) is 5.79 Å². The highest BCUT2D eigenvalue weighted by molar-refractivity contribution is 5.77. The van der Waals surface area contributed by atoms with Gasteiger partial charge in [0.05, 0.1) is 25.9 Å². The normalized spacial score (nSPS) is 24.9. The summed E-state index contributed by atoms with van der Waals surface area (Å²) in [6.07, 6.45) is 7.61. The number of carbonyl (C=O) groups excluding carboxylic acids is 1. The first-order valence-electron chi connectivity index (χ1n) is 17.9. The number of aliphatic hydroxyl groups is 5. The summed E-state index contributed by atoms with van der Waals surface area (Å²) in [4.78, 5) is 24.4. The van der Waals surface area contributed by atoms with E-state index < -0.39 is 73.5 Å². The second-order valence-electron chi connectivity index (χ2n) is 12.8. The fraction of sp³-hybridized carbons (Fsp3) is 0.941. The fourth-order valence-corrected chi connectivity index (χ4v) is 5.73. The van der Waals surface area contributed by atoms with E-state index >= 15 is 0 Å². The molecule has 1 fully saturated rings. The van der Waals surface area contributed by atoms with Crippen molar-refractivity contribution in [1.82, 2.24) is 5.32 Å². The van der Waals surface area contributed by atoms with Crippen LogP contribution in [0.1, 0.15) is 124 Å². The number of aliphatic carboxylic acids is 1. The smallest absolute Gasteiger partial charge is 0.367 e. The molecular weight excluding hydrogens is 614 g/mol. The van der Waals surface area contributed by atoms with E-state index in [1.807, 2.05) is 0 Å². The van der Waals surface area contributed by atoms with Gasteiger partial charge in [-0.1, -0.05) is 104 Å². The van der Waals surface area contributed by atoms with Gasteiger partial charge >= 0.3 is 5.97 Å². The molecule has 1 saturated heterocycles. The molecule has 278 valence electrons. The molecular formula is C34H65NO12. The Morgan fingerprint density at radius 2 is 1.32 bits per heavy atom. The third kappa shape index (κ3) is 16.2. The zero-order valence-electron chi connectivity index (χ0n) is 29.0. The van der Waals surface area contributed by atoms with Crippen LogP contribution < -0.4 is 5.32 Å². The summed E-state index contributed by atoms with van der Waals surface area (Å²) in [7, 11) is 0. The molecule has 0 radical (unpaired) electrons. The minimum Gasteiger partial charge on any atom is -0.477 e. The van der Waals surface area contributed by atoms with Crippen molar-refractivity contribution >= 4 is 11.9 Å². The molecule has 47 heavy (non-hydrogen) atoms. The maximum atomic E-state index is 12.6. The van der Waals surface area contributed by atoms with E-state index in [1.54, 1.807) is 0 Å². The second-order valence-corrected chi connectivity index (χ2v) is 12.8. The second kappa shape index (κ2) is 25.5. The molecule has 0 aliphatic carbocycles. The molecule has 1 amide bonds. The summed E-state index contributed by atoms with van der Waals surface area (Å²) < 4.78 is 23.2. The first-order chi connectivity index (χ1) is 22.5. The average molecular weight is 680 g/mol. The lowest BCUT2D eigenvalue weighted by Gasteiger charge is -2.49. The van der Waals surface area contributed by atoms with Crippen molar-refractivity contribution in [3.8, 4) is 0 Å². The molecule has 0 spiro atoms. The molecule has 13 nitrogen and oxygen atoms in total. The van der Waals surface area contributed by atoms with Crippen molar-refractivity contribution in [3.05, 3.63) is 0 Å². The summed E-state index contributed by atoms with van der Waals surface area (Å²) in [5.41, 5.74) is 0. The maximum absolute atomic E-state index is 12.6. The Morgan fingerprint density at radius 1 is 0.809 bits per heavy atom. The minimum atomic E-state index is -2.90. The summed E-state index contributed by atoms with van der Waals surface area (Å²) in [5.74, 6) is -5.37. The van der Waals surface area contributed by atoms with Crippen LogP contribution in [0.4, 0.5) is 0 Å². The van der Waals surface area contributed by atoms with Crippen molar-refractivity contribution in [2.24, 2.45) is 0 Å². The number of rotatable bonds is 29. The zero-order chi connectivity index (χ0) is 35.1. The van der Waals surface area contributed by atoms with E-state index in [0.29, 0.717) is 13.2 Å². The van der Waals surface area contributed by atoms with Crippen LogP contribution in [0.3, 0.4) is 0 Å². The van der Waals surface area contributed by atoms with Crippen LogP contribution in [0.15, 0.2) is 0 Å². The molecule has 1 rings (SSSR count). The summed E-state index contributed by atoms with van der Waals surface area (Å²) >= 11 is 0. The quantitative estimate of drug-likeness (QED) is 0.0571. The van der Waals surface area contributed by atoms with Gasteiger partial charge in [-0.05, 0) is 12.8 Å². The number of unbranched alkanes of at least 4 members (excludes halogenated alkanes) is 14. The molecule has 1 aliphatic rings. The number of carboxylic acid groups (broad SMARTS) is 1. The maximum Gasteiger partial charge on any atom is 0.367 e. The number of carboxylic acids is 1. The van der Waals surface area contributed by atoms with Crippen LogP contribution in [0.5, 0.6) is 0 Å². The van der Waals surface area contributed by atoms with Crippen LogP contribution in [0.25, 0.3) is 0 Å². The van der Waals surface area contributed by atoms with Gasteiger partial charge in [-0.25, -0.2) is 4.79 Å². The number of amides is 1. The lowest BCUT2D eigenvalue weighted by Crippen LogP contribution is -2.74. The Hall–Kier alpha value is -1.42. The Labute approximate surface area is 281 Å². The van der Waals surface area contributed by atoms with Gasteiger partial charge in [0, 0.05) is 20.1 Å². The number of hydrogen-bond donors (Lipinski definition) is 7. The van der Waals surface area contributed by atoms with Crippen molar-refractivity contribution in [3.63, 3.8) is 0 Å². The molecule has 1 aliphatic heterocycles. The van der Waals surface area contributed by atoms with E-state index in [4.69, 9.17) is 18.9 Å². The third-order valence-corrected chi connectivity index (χ3v) is 8.61. The lowest BCUT2D eigenvalue weighted by atomic mass is 9.86. The number of ether oxygens (including phenoxy) is 4. The van der Waals surface area contributed by atoms with Crippen molar-refractivity contribution < 1.29 is 59.2 Å². The van der Waals surface area contributed by atoms with Crippen LogP contribution in [0.2, 0.25) is 0 Å². The molecule has 0 aromatic carbocycles. The number of nitrogens with one attached hydrogen (secondary N) is 1. The molecule has 0 aromatic rings. The molecule has 0 aromatic heterocycles. The Kier molecular flexibility index (Phi) is 23.7. The van der Waals surface area contributed by atoms with Crippen molar-refractivity contribution in [2.75, 3.05) is 33.0 Å². The summed E-state index contributed by atoms with van der Waals surface area (Å²) in [6, 6.07) is -1.53. The number of carbonyl (C=O) groups is 2. The van der Waals surface area contributed by atoms with Gasteiger partial charge in [0.15, 0.2) is 0 Å². The van der Waals surface area contributed by atoms with Gasteiger partial charge in [-0.3, -0.25) is 4.79 Å². The van der Waals surface area contributed by atoms with E-state index in [2.05, 4.69) is 19.2 Å². The Bertz CT molecular complexity index is 820. The first kappa shape index (κ1) is 43.6. The topological polar surface area (TPSA) is 204 Å². The molecule has 0 saturated carbocycles. The van der Waals surface area contributed by atoms with E-state index in [9.17, 15) is 40.2 Å². The highest BCUT2D eigenvalue weighted by Crippen LogP contribution is 2.34. The fourth-order valence-electron chi connectivity index (χ4n) is 5.73. The molecule has 8 atom stereocenters. The molecule has 1 heterocycles. The van der Waals surface area contributed by atoms with Crippen LogP contribution in [-0.2, 0) is 28.5 Å². The Balaban J connectivity index is 2.90. The summed E-state index contributed by atoms with van der Waals surface area (Å²) in [5, 5.41) is 64.5. The highest BCUT2D eigenvalue weighted by atomic mass is 16.7. The van der Waals surface area contributed by atoms with Gasteiger partial charge in [-0.15, -0.1) is 0 Å². The Morgan fingerprint density at radius 3 is 1.81 bits per heavy atom. The van der Waals surface area contributed by atoms with Gasteiger partial charge < -0.3 is 54.9 Å². The lowest BCUT2D eigenvalue weighted by molar-refractivity contribution is -0.351. The van der Waals surface area contributed by atoms with E-state index in [0.717, 1.165) is 51.9 Å². The zero-order valence-corrected chi connectivity index (χ0v) is 29.0. The molecule has 0 bridgehead atoms. The van der Waals surface area contributed by atoms with Crippen LogP contribution >= 0.6 is 0 Å². The minimum absolute atomic E-state index is 0.0890.